The predicted octanol–water partition coefficient (Wildman–Crippen LogP) is 4.96. The quantitative estimate of drug-likeness (QED) is 0.620. The molecule has 0 heterocycles. The lowest BCUT2D eigenvalue weighted by Crippen LogP contribution is -2.24. The van der Waals surface area contributed by atoms with Gasteiger partial charge in [-0.15, -0.1) is 0 Å². The first kappa shape index (κ1) is 20.9. The van der Waals surface area contributed by atoms with E-state index in [9.17, 15) is 15.0 Å². The number of allylic oxidation sites excluding steroid dienone is 1. The number of phenols is 1. The summed E-state index contributed by atoms with van der Waals surface area (Å²) in [4.78, 5) is 12.3. The summed E-state index contributed by atoms with van der Waals surface area (Å²) in [6, 6.07) is 5.36. The number of Topliss-reactive ketones (excluding diaryl/α,β-unsaturated/α-hetero) is 1. The molecule has 0 amide bonds. The van der Waals surface area contributed by atoms with E-state index < -0.39 is 6.10 Å². The van der Waals surface area contributed by atoms with Crippen molar-refractivity contribution in [2.24, 2.45) is 11.8 Å². The maximum Gasteiger partial charge on any atom is 0.161 e. The van der Waals surface area contributed by atoms with Gasteiger partial charge in [-0.3, -0.25) is 4.79 Å². The lowest BCUT2D eigenvalue weighted by atomic mass is 9.84. The topological polar surface area (TPSA) is 66.8 Å². The van der Waals surface area contributed by atoms with Gasteiger partial charge in [-0.25, -0.2) is 0 Å². The highest BCUT2D eigenvalue weighted by molar-refractivity contribution is 5.79. The molecule has 3 atom stereocenters. The number of carbonyl (C=O) groups is 1. The van der Waals surface area contributed by atoms with Crippen LogP contribution in [0.1, 0.15) is 70.3 Å². The van der Waals surface area contributed by atoms with Crippen molar-refractivity contribution in [3.63, 3.8) is 0 Å². The molecular weight excluding hydrogens is 352 g/mol. The van der Waals surface area contributed by atoms with Crippen LogP contribution in [0.3, 0.4) is 0 Å². The number of aliphatic hydroxyl groups excluding tert-OH is 1. The Labute approximate surface area is 168 Å². The van der Waals surface area contributed by atoms with Crippen molar-refractivity contribution in [1.82, 2.24) is 0 Å². The number of ketones is 1. The average Bonchev–Trinajstić information content (AvgIpc) is 2.70. The Morgan fingerprint density at radius 3 is 2.64 bits per heavy atom. The molecule has 4 nitrogen and oxygen atoms in total. The summed E-state index contributed by atoms with van der Waals surface area (Å²) in [5.74, 6) is 1.44. The van der Waals surface area contributed by atoms with Gasteiger partial charge in [-0.2, -0.15) is 0 Å². The zero-order valence-corrected chi connectivity index (χ0v) is 17.0. The largest absolute Gasteiger partial charge is 0.504 e. The predicted molar refractivity (Wildman–Crippen MR) is 111 cm³/mol. The molecule has 28 heavy (non-hydrogen) atoms. The number of aromatic hydroxyl groups is 1. The molecule has 0 radical (unpaired) electrons. The number of hydrogen-bond donors (Lipinski definition) is 2. The highest BCUT2D eigenvalue weighted by Crippen LogP contribution is 2.32. The van der Waals surface area contributed by atoms with Crippen LogP contribution >= 0.6 is 0 Å². The minimum absolute atomic E-state index is 0.0855. The van der Waals surface area contributed by atoms with Crippen LogP contribution in [0.25, 0.3) is 0 Å². The van der Waals surface area contributed by atoms with Crippen molar-refractivity contribution >= 4 is 5.78 Å². The molecule has 154 valence electrons. The maximum absolute atomic E-state index is 12.3. The van der Waals surface area contributed by atoms with Crippen molar-refractivity contribution in [1.29, 1.82) is 0 Å². The fourth-order valence-corrected chi connectivity index (χ4v) is 4.24. The summed E-state index contributed by atoms with van der Waals surface area (Å²) in [7, 11) is 0. The Kier molecular flexibility index (Phi) is 7.55. The molecule has 0 spiro atoms. The number of aliphatic hydroxyl groups is 1. The third kappa shape index (κ3) is 6.10. The Balaban J connectivity index is 1.48. The van der Waals surface area contributed by atoms with E-state index in [1.165, 1.54) is 19.3 Å². The minimum Gasteiger partial charge on any atom is -0.504 e. The summed E-state index contributed by atoms with van der Waals surface area (Å²) in [6.07, 6.45) is 12.7. The number of phenolic OH excluding ortho intramolecular Hbond substituents is 1. The molecule has 1 aromatic rings. The van der Waals surface area contributed by atoms with Gasteiger partial charge in [0.1, 0.15) is 5.78 Å². The number of hydrogen-bond acceptors (Lipinski definition) is 4. The van der Waals surface area contributed by atoms with Crippen LogP contribution in [0.2, 0.25) is 0 Å². The van der Waals surface area contributed by atoms with Crippen LogP contribution in [0.5, 0.6) is 11.5 Å². The van der Waals surface area contributed by atoms with Crippen molar-refractivity contribution < 1.29 is 19.7 Å². The Morgan fingerprint density at radius 1 is 1.14 bits per heavy atom. The molecule has 2 N–H and O–H groups in total. The van der Waals surface area contributed by atoms with E-state index in [4.69, 9.17) is 4.74 Å². The summed E-state index contributed by atoms with van der Waals surface area (Å²) >= 11 is 0. The van der Waals surface area contributed by atoms with Crippen LogP contribution in [0.4, 0.5) is 0 Å². The van der Waals surface area contributed by atoms with E-state index in [-0.39, 0.29) is 30.0 Å². The van der Waals surface area contributed by atoms with Gasteiger partial charge < -0.3 is 14.9 Å². The van der Waals surface area contributed by atoms with Crippen molar-refractivity contribution in [3.05, 3.63) is 35.9 Å². The zero-order valence-electron chi connectivity index (χ0n) is 17.0. The van der Waals surface area contributed by atoms with Crippen LogP contribution in [0, 0.1) is 11.8 Å². The highest BCUT2D eigenvalue weighted by atomic mass is 16.5. The molecule has 1 saturated carbocycles. The van der Waals surface area contributed by atoms with E-state index >= 15 is 0 Å². The van der Waals surface area contributed by atoms with E-state index in [1.807, 2.05) is 12.1 Å². The number of benzene rings is 1. The summed E-state index contributed by atoms with van der Waals surface area (Å²) in [5.41, 5.74) is 0.984. The maximum atomic E-state index is 12.3. The van der Waals surface area contributed by atoms with Gasteiger partial charge in [0.2, 0.25) is 0 Å². The second-order valence-corrected chi connectivity index (χ2v) is 8.59. The minimum atomic E-state index is -0.582. The monoisotopic (exact) mass is 386 g/mol. The van der Waals surface area contributed by atoms with Gasteiger partial charge in [0.05, 0.1) is 12.2 Å². The van der Waals surface area contributed by atoms with Gasteiger partial charge in [0, 0.05) is 18.8 Å². The van der Waals surface area contributed by atoms with Gasteiger partial charge in [0.15, 0.2) is 11.5 Å². The molecule has 1 aromatic carbocycles. The Morgan fingerprint density at radius 2 is 1.93 bits per heavy atom. The third-order valence-electron chi connectivity index (χ3n) is 6.14. The molecule has 0 bridgehead atoms. The Hall–Kier alpha value is -1.81. The molecule has 0 aliphatic heterocycles. The van der Waals surface area contributed by atoms with Gasteiger partial charge >= 0.3 is 0 Å². The first-order chi connectivity index (χ1) is 13.5. The van der Waals surface area contributed by atoms with Crippen molar-refractivity contribution in [2.75, 3.05) is 0 Å². The molecule has 0 aromatic heterocycles. The smallest absolute Gasteiger partial charge is 0.161 e. The zero-order chi connectivity index (χ0) is 19.9. The number of rotatable bonds is 8. The second-order valence-electron chi connectivity index (χ2n) is 8.59. The normalized spacial score (nSPS) is 24.1. The average molecular weight is 387 g/mol. The van der Waals surface area contributed by atoms with Crippen molar-refractivity contribution in [3.8, 4) is 11.5 Å². The molecule has 0 unspecified atom stereocenters. The summed E-state index contributed by atoms with van der Waals surface area (Å²) in [6.45, 7) is 2.17. The van der Waals surface area contributed by atoms with Gasteiger partial charge in [-0.05, 0) is 68.6 Å². The summed E-state index contributed by atoms with van der Waals surface area (Å²) in [5, 5.41) is 20.5. The first-order valence-electron chi connectivity index (χ1n) is 10.9. The Bertz CT molecular complexity index is 675. The molecule has 3 rings (SSSR count). The van der Waals surface area contributed by atoms with Crippen molar-refractivity contribution in [2.45, 2.75) is 83.3 Å². The second kappa shape index (κ2) is 10.1. The number of carbonyl (C=O) groups excluding carboxylic acids is 1. The molecular formula is C24H34O4. The van der Waals surface area contributed by atoms with Crippen LogP contribution in [-0.4, -0.2) is 28.2 Å². The van der Waals surface area contributed by atoms with Gasteiger partial charge in [0.25, 0.3) is 0 Å². The lowest BCUT2D eigenvalue weighted by molar-refractivity contribution is -0.121. The van der Waals surface area contributed by atoms with Crippen LogP contribution in [-0.2, 0) is 11.2 Å². The van der Waals surface area contributed by atoms with Crippen LogP contribution in [0.15, 0.2) is 30.4 Å². The molecule has 2 aliphatic carbocycles. The fourth-order valence-electron chi connectivity index (χ4n) is 4.24. The molecule has 1 fully saturated rings. The summed E-state index contributed by atoms with van der Waals surface area (Å²) < 4.78 is 6.00. The molecule has 0 saturated heterocycles. The fraction of sp³-hybridized carbons (Fsp3) is 0.625. The third-order valence-corrected chi connectivity index (χ3v) is 6.14. The van der Waals surface area contributed by atoms with Crippen LogP contribution < -0.4 is 4.74 Å². The molecule has 2 aliphatic rings. The first-order valence-corrected chi connectivity index (χ1v) is 10.9. The van der Waals surface area contributed by atoms with E-state index in [1.54, 1.807) is 6.07 Å². The van der Waals surface area contributed by atoms with E-state index in [0.717, 1.165) is 31.2 Å². The lowest BCUT2D eigenvalue weighted by Gasteiger charge is -2.24. The highest BCUT2D eigenvalue weighted by Gasteiger charge is 2.23. The number of ether oxygens (including phenoxy) is 1. The van der Waals surface area contributed by atoms with E-state index in [2.05, 4.69) is 19.1 Å². The molecule has 4 heteroatoms. The van der Waals surface area contributed by atoms with E-state index in [0.29, 0.717) is 24.5 Å². The van der Waals surface area contributed by atoms with Gasteiger partial charge in [-0.1, -0.05) is 31.6 Å². The number of aryl methyl sites for hydroxylation is 1. The SMILES string of the molecule is C[C@@H]1C=C[C@H]([C@@H](O)CC(=O)CCc2ccc(O)c(OC3CCCCC3)c2)CC1. The standard InChI is InChI=1S/C24H34O4/c1-17-7-11-19(12-8-17)23(27)16-20(25)13-9-18-10-14-22(26)24(15-18)28-21-5-3-2-4-6-21/h7,10-11,14-15,17,19,21,23,26-27H,2-6,8-9,12-13,16H2,1H3/t17-,19+,23+/m1/s1.